The van der Waals surface area contributed by atoms with Gasteiger partial charge in [-0.15, -0.1) is 0 Å². The zero-order chi connectivity index (χ0) is 22.9. The van der Waals surface area contributed by atoms with Gasteiger partial charge in [0.15, 0.2) is 0 Å². The minimum Gasteiger partial charge on any atom is -0.491 e. The summed E-state index contributed by atoms with van der Waals surface area (Å²) < 4.78 is 11.2. The number of carboxylic acid groups (broad SMARTS) is 1. The highest BCUT2D eigenvalue weighted by Gasteiger charge is 2.23. The third-order valence-corrected chi connectivity index (χ3v) is 4.83. The highest BCUT2D eigenvalue weighted by Crippen LogP contribution is 2.31. The van der Waals surface area contributed by atoms with Crippen LogP contribution in [0.25, 0.3) is 10.8 Å². The van der Waals surface area contributed by atoms with E-state index in [1.54, 1.807) is 37.3 Å². The summed E-state index contributed by atoms with van der Waals surface area (Å²) >= 11 is 0. The van der Waals surface area contributed by atoms with Gasteiger partial charge in [-0.25, -0.2) is 9.59 Å². The summed E-state index contributed by atoms with van der Waals surface area (Å²) in [4.78, 5) is 23.8. The molecule has 3 aromatic carbocycles. The number of aliphatic hydroxyl groups is 1. The molecule has 1 amide bonds. The lowest BCUT2D eigenvalue weighted by Gasteiger charge is -2.23. The number of amides is 1. The van der Waals surface area contributed by atoms with Crippen molar-refractivity contribution >= 4 is 28.5 Å². The Balaban J connectivity index is 1.84. The standard InChI is InChI=1S/C25H25NO6/c1-17(12-13-23(28)29)24(19-8-4-9-20(16-19)31-15-14-27)32-25(30)26-22-11-5-7-18-6-2-3-10-21(18)22/h2-13,16-17,24,27H,14-15H2,1H3,(H,26,30)(H,28,29)/b13-12+/t17-,24-/m0/s1. The molecule has 7 nitrogen and oxygen atoms in total. The number of anilines is 1. The van der Waals surface area contributed by atoms with Crippen molar-refractivity contribution in [3.63, 3.8) is 0 Å². The number of fused-ring (bicyclic) bond motifs is 1. The molecule has 0 heterocycles. The van der Waals surface area contributed by atoms with Crippen LogP contribution in [0.1, 0.15) is 18.6 Å². The molecule has 0 saturated heterocycles. The average Bonchev–Trinajstić information content (AvgIpc) is 2.80. The van der Waals surface area contributed by atoms with E-state index in [0.29, 0.717) is 17.0 Å². The maximum atomic E-state index is 12.8. The van der Waals surface area contributed by atoms with Gasteiger partial charge in [-0.05, 0) is 29.1 Å². The van der Waals surface area contributed by atoms with E-state index >= 15 is 0 Å². The number of hydrogen-bond acceptors (Lipinski definition) is 5. The second kappa shape index (κ2) is 11.0. The first-order valence-electron chi connectivity index (χ1n) is 10.2. The van der Waals surface area contributed by atoms with Crippen LogP contribution in [0.4, 0.5) is 10.5 Å². The summed E-state index contributed by atoms with van der Waals surface area (Å²) in [5.74, 6) is -1.01. The van der Waals surface area contributed by atoms with Crippen LogP contribution in [0, 0.1) is 5.92 Å². The second-order valence-electron chi connectivity index (χ2n) is 7.18. The van der Waals surface area contributed by atoms with E-state index in [2.05, 4.69) is 5.32 Å². The molecule has 7 heteroatoms. The molecule has 0 spiro atoms. The number of rotatable bonds is 9. The Labute approximate surface area is 185 Å². The molecule has 0 aliphatic carbocycles. The molecule has 3 aromatic rings. The van der Waals surface area contributed by atoms with Gasteiger partial charge in [0.2, 0.25) is 0 Å². The summed E-state index contributed by atoms with van der Waals surface area (Å²) in [6, 6.07) is 20.2. The topological polar surface area (TPSA) is 105 Å². The molecular formula is C25H25NO6. The van der Waals surface area contributed by atoms with Crippen LogP contribution in [-0.4, -0.2) is 35.5 Å². The van der Waals surface area contributed by atoms with Crippen molar-refractivity contribution in [1.82, 2.24) is 0 Å². The molecule has 32 heavy (non-hydrogen) atoms. The molecule has 0 radical (unpaired) electrons. The predicted molar refractivity (Wildman–Crippen MR) is 122 cm³/mol. The summed E-state index contributed by atoms with van der Waals surface area (Å²) in [5, 5.41) is 22.6. The van der Waals surface area contributed by atoms with Gasteiger partial charge in [0.1, 0.15) is 18.5 Å². The summed E-state index contributed by atoms with van der Waals surface area (Å²) in [6.45, 7) is 1.76. The van der Waals surface area contributed by atoms with Gasteiger partial charge in [0.25, 0.3) is 0 Å². The summed E-state index contributed by atoms with van der Waals surface area (Å²) in [5.41, 5.74) is 1.25. The quantitative estimate of drug-likeness (QED) is 0.418. The number of hydrogen-bond donors (Lipinski definition) is 3. The van der Waals surface area contributed by atoms with Crippen LogP contribution in [-0.2, 0) is 9.53 Å². The fourth-order valence-electron chi connectivity index (χ4n) is 3.35. The summed E-state index contributed by atoms with van der Waals surface area (Å²) in [6.07, 6.45) is 1.07. The van der Waals surface area contributed by atoms with E-state index in [-0.39, 0.29) is 13.2 Å². The lowest BCUT2D eigenvalue weighted by Crippen LogP contribution is -2.21. The molecule has 0 aromatic heterocycles. The Hall–Kier alpha value is -3.84. The zero-order valence-electron chi connectivity index (χ0n) is 17.6. The van der Waals surface area contributed by atoms with Gasteiger partial charge in [-0.1, -0.05) is 61.5 Å². The Morgan fingerprint density at radius 3 is 2.59 bits per heavy atom. The predicted octanol–water partition coefficient (Wildman–Crippen LogP) is 4.78. The Morgan fingerprint density at radius 1 is 1.06 bits per heavy atom. The van der Waals surface area contributed by atoms with E-state index in [9.17, 15) is 9.59 Å². The van der Waals surface area contributed by atoms with Crippen LogP contribution in [0.2, 0.25) is 0 Å². The van der Waals surface area contributed by atoms with Crippen LogP contribution in [0.5, 0.6) is 5.75 Å². The average molecular weight is 435 g/mol. The van der Waals surface area contributed by atoms with E-state index in [0.717, 1.165) is 16.8 Å². The number of aliphatic carboxylic acids is 1. The number of carbonyl (C=O) groups is 2. The van der Waals surface area contributed by atoms with Crippen LogP contribution in [0.15, 0.2) is 78.9 Å². The first-order chi connectivity index (χ1) is 15.5. The Morgan fingerprint density at radius 2 is 1.81 bits per heavy atom. The third kappa shape index (κ3) is 6.09. The van der Waals surface area contributed by atoms with Gasteiger partial charge in [0.05, 0.1) is 12.3 Å². The van der Waals surface area contributed by atoms with E-state index < -0.39 is 24.1 Å². The number of aliphatic hydroxyl groups excluding tert-OH is 1. The van der Waals surface area contributed by atoms with Crippen molar-refractivity contribution < 1.29 is 29.3 Å². The van der Waals surface area contributed by atoms with E-state index in [4.69, 9.17) is 19.7 Å². The Bertz CT molecular complexity index is 1110. The molecule has 0 aliphatic rings. The number of benzene rings is 3. The monoisotopic (exact) mass is 435 g/mol. The SMILES string of the molecule is C[C@@H](/C=C/C(=O)O)[C@H](OC(=O)Nc1cccc2ccccc12)c1cccc(OCCO)c1. The fourth-order valence-corrected chi connectivity index (χ4v) is 3.35. The van der Waals surface area contributed by atoms with E-state index in [1.165, 1.54) is 6.08 Å². The highest BCUT2D eigenvalue weighted by molar-refractivity contribution is 6.00. The minimum atomic E-state index is -1.09. The molecule has 2 atom stereocenters. The number of carboxylic acids is 1. The van der Waals surface area contributed by atoms with Gasteiger partial charge in [-0.2, -0.15) is 0 Å². The largest absolute Gasteiger partial charge is 0.491 e. The summed E-state index contributed by atoms with van der Waals surface area (Å²) in [7, 11) is 0. The third-order valence-electron chi connectivity index (χ3n) is 4.83. The molecule has 0 fully saturated rings. The van der Waals surface area contributed by atoms with Crippen molar-refractivity contribution in [2.75, 3.05) is 18.5 Å². The molecule has 166 valence electrons. The van der Waals surface area contributed by atoms with Crippen molar-refractivity contribution in [1.29, 1.82) is 0 Å². The number of carbonyl (C=O) groups excluding carboxylic acids is 1. The number of ether oxygens (including phenoxy) is 2. The zero-order valence-corrected chi connectivity index (χ0v) is 17.6. The lowest BCUT2D eigenvalue weighted by atomic mass is 9.96. The minimum absolute atomic E-state index is 0.130. The molecule has 3 N–H and O–H groups in total. The first-order valence-corrected chi connectivity index (χ1v) is 10.2. The molecule has 0 aliphatic heterocycles. The van der Waals surface area contributed by atoms with Crippen molar-refractivity contribution in [3.8, 4) is 5.75 Å². The van der Waals surface area contributed by atoms with Crippen molar-refractivity contribution in [2.24, 2.45) is 5.92 Å². The van der Waals surface area contributed by atoms with Crippen LogP contribution >= 0.6 is 0 Å². The van der Waals surface area contributed by atoms with Gasteiger partial charge in [-0.3, -0.25) is 5.32 Å². The van der Waals surface area contributed by atoms with Crippen molar-refractivity contribution in [2.45, 2.75) is 13.0 Å². The van der Waals surface area contributed by atoms with Gasteiger partial charge in [0, 0.05) is 17.4 Å². The van der Waals surface area contributed by atoms with Crippen LogP contribution in [0.3, 0.4) is 0 Å². The molecule has 0 bridgehead atoms. The van der Waals surface area contributed by atoms with Gasteiger partial charge >= 0.3 is 12.1 Å². The normalized spacial score (nSPS) is 12.9. The maximum Gasteiger partial charge on any atom is 0.412 e. The number of nitrogens with one attached hydrogen (secondary N) is 1. The van der Waals surface area contributed by atoms with Crippen molar-refractivity contribution in [3.05, 3.63) is 84.4 Å². The van der Waals surface area contributed by atoms with E-state index in [1.807, 2.05) is 36.4 Å². The van der Waals surface area contributed by atoms with Crippen LogP contribution < -0.4 is 10.1 Å². The highest BCUT2D eigenvalue weighted by atomic mass is 16.6. The molecule has 0 saturated carbocycles. The fraction of sp³-hybridized carbons (Fsp3) is 0.200. The Kier molecular flexibility index (Phi) is 7.83. The maximum absolute atomic E-state index is 12.8. The molecule has 3 rings (SSSR count). The smallest absolute Gasteiger partial charge is 0.412 e. The second-order valence-corrected chi connectivity index (χ2v) is 7.18. The van der Waals surface area contributed by atoms with Gasteiger partial charge < -0.3 is 19.7 Å². The lowest BCUT2D eigenvalue weighted by molar-refractivity contribution is -0.131. The molecular weight excluding hydrogens is 410 g/mol. The first kappa shape index (κ1) is 22.8. The molecule has 0 unspecified atom stereocenters.